The highest BCUT2D eigenvalue weighted by atomic mass is 19.1. The number of fused-ring (bicyclic) bond motifs is 1. The van der Waals surface area contributed by atoms with Gasteiger partial charge in [-0.25, -0.2) is 4.39 Å². The zero-order valence-electron chi connectivity index (χ0n) is 8.16. The van der Waals surface area contributed by atoms with Crippen molar-refractivity contribution in [2.45, 2.75) is 0 Å². The molecule has 0 aliphatic carbocycles. The molecule has 0 amide bonds. The van der Waals surface area contributed by atoms with Gasteiger partial charge in [0.15, 0.2) is 13.2 Å². The fraction of sp³-hybridized carbons (Fsp3) is 0.167. The Morgan fingerprint density at radius 2 is 1.80 bits per heavy atom. The summed E-state index contributed by atoms with van der Waals surface area (Å²) in [5.41, 5.74) is 0. The number of rotatable bonds is 3. The molecule has 78 valence electrons. The van der Waals surface area contributed by atoms with Gasteiger partial charge in [0, 0.05) is 0 Å². The smallest absolute Gasteiger partial charge is 0.178 e. The quantitative estimate of drug-likeness (QED) is 0.709. The van der Waals surface area contributed by atoms with Gasteiger partial charge in [0.05, 0.1) is 0 Å². The van der Waals surface area contributed by atoms with Gasteiger partial charge in [0.25, 0.3) is 0 Å². The van der Waals surface area contributed by atoms with Crippen molar-refractivity contribution < 1.29 is 14.2 Å². The van der Waals surface area contributed by atoms with Crippen LogP contribution in [0.15, 0.2) is 36.4 Å². The van der Waals surface area contributed by atoms with E-state index in [1.165, 1.54) is 12.1 Å². The maximum atomic E-state index is 12.9. The van der Waals surface area contributed by atoms with E-state index in [1.54, 1.807) is 12.1 Å². The molecule has 0 heterocycles. The molecule has 2 aromatic carbocycles. The van der Waals surface area contributed by atoms with Crippen LogP contribution in [-0.2, 0) is 0 Å². The van der Waals surface area contributed by atoms with Crippen LogP contribution in [0.5, 0.6) is 5.75 Å². The van der Waals surface area contributed by atoms with Crippen molar-refractivity contribution in [2.24, 2.45) is 0 Å². The minimum absolute atomic E-state index is 0.234. The molecule has 0 saturated carbocycles. The van der Waals surface area contributed by atoms with E-state index in [4.69, 9.17) is 9.84 Å². The van der Waals surface area contributed by atoms with Crippen molar-refractivity contribution in [1.29, 1.82) is 0 Å². The highest BCUT2D eigenvalue weighted by Gasteiger charge is 1.99. The summed E-state index contributed by atoms with van der Waals surface area (Å²) < 4.78 is 18.2. The van der Waals surface area contributed by atoms with Crippen LogP contribution in [-0.4, -0.2) is 18.3 Å². The first kappa shape index (κ1) is 9.93. The standard InChI is InChI=1S/C12H11FO2/c13-11-3-1-10-8-12(15-6-5-14)4-2-9(10)7-11/h1-4,7-8,14H,5-6H2/p+1. The molecule has 0 unspecified atom stereocenters. The third-order valence-corrected chi connectivity index (χ3v) is 2.14. The predicted molar refractivity (Wildman–Crippen MR) is 57.9 cm³/mol. The Morgan fingerprint density at radius 3 is 2.60 bits per heavy atom. The molecule has 0 fully saturated rings. The van der Waals surface area contributed by atoms with Crippen molar-refractivity contribution in [3.63, 3.8) is 0 Å². The Balaban J connectivity index is 2.34. The molecule has 0 spiro atoms. The van der Waals surface area contributed by atoms with Gasteiger partial charge in [0.2, 0.25) is 0 Å². The first-order valence-corrected chi connectivity index (χ1v) is 4.76. The Kier molecular flexibility index (Phi) is 2.83. The lowest BCUT2D eigenvalue weighted by atomic mass is 10.1. The normalized spacial score (nSPS) is 10.5. The third-order valence-electron chi connectivity index (χ3n) is 2.14. The molecule has 0 atom stereocenters. The van der Waals surface area contributed by atoms with Crippen molar-refractivity contribution in [1.82, 2.24) is 0 Å². The molecule has 2 rings (SSSR count). The van der Waals surface area contributed by atoms with Crippen LogP contribution in [0.1, 0.15) is 0 Å². The van der Waals surface area contributed by atoms with Crippen LogP contribution in [0.4, 0.5) is 4.39 Å². The molecule has 0 aromatic heterocycles. The molecule has 2 aromatic rings. The third kappa shape index (κ3) is 2.25. The minimum atomic E-state index is -0.234. The number of ether oxygens (including phenoxy) is 1. The number of benzene rings is 2. The van der Waals surface area contributed by atoms with Gasteiger partial charge in [-0.1, -0.05) is 12.1 Å². The summed E-state index contributed by atoms with van der Waals surface area (Å²) in [6.07, 6.45) is 0. The molecule has 0 bridgehead atoms. The molecule has 0 saturated heterocycles. The molecule has 0 aliphatic rings. The number of hydrogen-bond donors (Lipinski definition) is 0. The van der Waals surface area contributed by atoms with E-state index in [-0.39, 0.29) is 12.4 Å². The van der Waals surface area contributed by atoms with E-state index < -0.39 is 0 Å². The van der Waals surface area contributed by atoms with Crippen molar-refractivity contribution in [3.8, 4) is 5.75 Å². The summed E-state index contributed by atoms with van der Waals surface area (Å²) >= 11 is 0. The average Bonchev–Trinajstić information content (AvgIpc) is 2.26. The lowest BCUT2D eigenvalue weighted by molar-refractivity contribution is 0.201. The lowest BCUT2D eigenvalue weighted by Gasteiger charge is -2.04. The van der Waals surface area contributed by atoms with E-state index in [0.717, 1.165) is 16.5 Å². The van der Waals surface area contributed by atoms with E-state index in [9.17, 15) is 4.39 Å². The molecule has 2 nitrogen and oxygen atoms in total. The fourth-order valence-electron chi connectivity index (χ4n) is 1.45. The molecule has 0 aliphatic heterocycles. The summed E-state index contributed by atoms with van der Waals surface area (Å²) in [5.74, 6) is 0.490. The Labute approximate surface area is 86.9 Å². The summed E-state index contributed by atoms with van der Waals surface area (Å²) in [4.78, 5) is 0. The molecular formula is C12H12FO2+. The van der Waals surface area contributed by atoms with Crippen LogP contribution in [0.2, 0.25) is 0 Å². The predicted octanol–water partition coefficient (Wildman–Crippen LogP) is 2.08. The summed E-state index contributed by atoms with van der Waals surface area (Å²) in [7, 11) is 0. The second-order valence-electron chi connectivity index (χ2n) is 3.25. The molecule has 3 heteroatoms. The minimum Gasteiger partial charge on any atom is -0.486 e. The monoisotopic (exact) mass is 207 g/mol. The van der Waals surface area contributed by atoms with Gasteiger partial charge < -0.3 is 9.84 Å². The second-order valence-corrected chi connectivity index (χ2v) is 3.25. The molecular weight excluding hydrogens is 195 g/mol. The van der Waals surface area contributed by atoms with Gasteiger partial charge in [-0.15, -0.1) is 0 Å². The topological polar surface area (TPSA) is 32.1 Å². The maximum Gasteiger partial charge on any atom is 0.178 e. The average molecular weight is 207 g/mol. The van der Waals surface area contributed by atoms with Gasteiger partial charge in [-0.05, 0) is 35.0 Å². The van der Waals surface area contributed by atoms with E-state index in [2.05, 4.69) is 0 Å². The maximum absolute atomic E-state index is 12.9. The first-order chi connectivity index (χ1) is 7.29. The molecule has 15 heavy (non-hydrogen) atoms. The largest absolute Gasteiger partial charge is 0.486 e. The number of halogens is 1. The van der Waals surface area contributed by atoms with Crippen LogP contribution in [0, 0.1) is 5.82 Å². The summed E-state index contributed by atoms with van der Waals surface area (Å²) in [5, 5.41) is 8.77. The Bertz CT molecular complexity index is 468. The van der Waals surface area contributed by atoms with E-state index in [1.807, 2.05) is 12.1 Å². The molecule has 0 radical (unpaired) electrons. The Hall–Kier alpha value is -1.61. The molecule has 2 N–H and O–H groups in total. The van der Waals surface area contributed by atoms with Crippen LogP contribution in [0.3, 0.4) is 0 Å². The summed E-state index contributed by atoms with van der Waals surface area (Å²) in [6, 6.07) is 10.1. The highest BCUT2D eigenvalue weighted by Crippen LogP contribution is 2.21. The van der Waals surface area contributed by atoms with Crippen LogP contribution >= 0.6 is 0 Å². The van der Waals surface area contributed by atoms with E-state index >= 15 is 0 Å². The number of hydrogen-bond acceptors (Lipinski definition) is 1. The SMILES string of the molecule is [OH2+]CCOc1ccc2cc(F)ccc2c1. The van der Waals surface area contributed by atoms with Gasteiger partial charge >= 0.3 is 0 Å². The van der Waals surface area contributed by atoms with E-state index in [0.29, 0.717) is 6.61 Å². The summed E-state index contributed by atoms with van der Waals surface area (Å²) in [6.45, 7) is 0.619. The van der Waals surface area contributed by atoms with Crippen LogP contribution in [0.25, 0.3) is 10.8 Å². The van der Waals surface area contributed by atoms with Gasteiger partial charge in [-0.3, -0.25) is 0 Å². The van der Waals surface area contributed by atoms with Gasteiger partial charge in [0.1, 0.15) is 11.6 Å². The zero-order valence-corrected chi connectivity index (χ0v) is 8.16. The fourth-order valence-corrected chi connectivity index (χ4v) is 1.45. The Morgan fingerprint density at radius 1 is 1.07 bits per heavy atom. The van der Waals surface area contributed by atoms with Crippen LogP contribution < -0.4 is 4.74 Å². The highest BCUT2D eigenvalue weighted by molar-refractivity contribution is 5.83. The first-order valence-electron chi connectivity index (χ1n) is 4.76. The van der Waals surface area contributed by atoms with Crippen molar-refractivity contribution >= 4 is 10.8 Å². The zero-order chi connectivity index (χ0) is 10.7. The van der Waals surface area contributed by atoms with Crippen molar-refractivity contribution in [2.75, 3.05) is 13.2 Å². The second kappa shape index (κ2) is 4.28. The van der Waals surface area contributed by atoms with Gasteiger partial charge in [-0.2, -0.15) is 0 Å². The lowest BCUT2D eigenvalue weighted by Crippen LogP contribution is -2.01. The van der Waals surface area contributed by atoms with Crippen molar-refractivity contribution in [3.05, 3.63) is 42.2 Å².